The molecule has 6 heteroatoms. The first-order chi connectivity index (χ1) is 8.29. The van der Waals surface area contributed by atoms with Crippen LogP contribution in [0.5, 0.6) is 0 Å². The Morgan fingerprint density at radius 1 is 1.39 bits per heavy atom. The van der Waals surface area contributed by atoms with Crippen molar-refractivity contribution in [2.75, 3.05) is 13.2 Å². The number of rotatable bonds is 6. The van der Waals surface area contributed by atoms with Gasteiger partial charge in [-0.2, -0.15) is 13.2 Å². The van der Waals surface area contributed by atoms with E-state index in [4.69, 9.17) is 4.74 Å². The lowest BCUT2D eigenvalue weighted by Crippen LogP contribution is -2.12. The van der Waals surface area contributed by atoms with Gasteiger partial charge >= 0.3 is 6.18 Å². The molecule has 0 fully saturated rings. The molecule has 18 heavy (non-hydrogen) atoms. The highest BCUT2D eigenvalue weighted by Crippen LogP contribution is 2.22. The Morgan fingerprint density at radius 3 is 2.56 bits per heavy atom. The van der Waals surface area contributed by atoms with Gasteiger partial charge in [0.15, 0.2) is 5.78 Å². The SMILES string of the molecule is Cc1cc(C(=O)COCCCC(F)(F)F)c(C)s1. The number of ether oxygens (including phenoxy) is 1. The molecule has 0 aliphatic heterocycles. The van der Waals surface area contributed by atoms with Crippen LogP contribution in [0.2, 0.25) is 0 Å². The zero-order chi connectivity index (χ0) is 13.8. The number of ketones is 1. The predicted octanol–water partition coefficient (Wildman–Crippen LogP) is 3.91. The summed E-state index contributed by atoms with van der Waals surface area (Å²) in [5.74, 6) is -0.177. The molecule has 0 spiro atoms. The molecule has 0 unspecified atom stereocenters. The van der Waals surface area contributed by atoms with Gasteiger partial charge in [-0.25, -0.2) is 0 Å². The lowest BCUT2D eigenvalue weighted by atomic mass is 10.2. The second-order valence-electron chi connectivity index (χ2n) is 4.02. The Kier molecular flexibility index (Phi) is 5.34. The van der Waals surface area contributed by atoms with Gasteiger partial charge in [0, 0.05) is 28.3 Å². The van der Waals surface area contributed by atoms with Crippen LogP contribution in [0.15, 0.2) is 6.07 Å². The van der Waals surface area contributed by atoms with E-state index in [1.807, 2.05) is 13.8 Å². The van der Waals surface area contributed by atoms with Crippen molar-refractivity contribution in [1.82, 2.24) is 0 Å². The number of carbonyl (C=O) groups excluding carboxylic acids is 1. The third-order valence-corrected chi connectivity index (χ3v) is 3.29. The standard InChI is InChI=1S/C12H15F3O2S/c1-8-6-10(9(2)18-8)11(16)7-17-5-3-4-12(13,14)15/h6H,3-5,7H2,1-2H3. The van der Waals surface area contributed by atoms with Gasteiger partial charge in [-0.15, -0.1) is 11.3 Å². The molecule has 1 aromatic heterocycles. The van der Waals surface area contributed by atoms with Gasteiger partial charge in [0.05, 0.1) is 0 Å². The van der Waals surface area contributed by atoms with E-state index < -0.39 is 12.6 Å². The minimum atomic E-state index is -4.16. The summed E-state index contributed by atoms with van der Waals surface area (Å²) in [6, 6.07) is 1.78. The molecule has 0 bridgehead atoms. The van der Waals surface area contributed by atoms with Crippen molar-refractivity contribution in [1.29, 1.82) is 0 Å². The van der Waals surface area contributed by atoms with Crippen LogP contribution in [0.4, 0.5) is 13.2 Å². The molecule has 0 atom stereocenters. The number of aryl methyl sites for hydroxylation is 2. The van der Waals surface area contributed by atoms with Crippen LogP contribution >= 0.6 is 11.3 Å². The maximum Gasteiger partial charge on any atom is 0.389 e. The molecular weight excluding hydrogens is 265 g/mol. The fourth-order valence-corrected chi connectivity index (χ4v) is 2.47. The monoisotopic (exact) mass is 280 g/mol. The summed E-state index contributed by atoms with van der Waals surface area (Å²) in [7, 11) is 0. The van der Waals surface area contributed by atoms with E-state index in [2.05, 4.69) is 0 Å². The summed E-state index contributed by atoms with van der Waals surface area (Å²) < 4.78 is 40.5. The van der Waals surface area contributed by atoms with Crippen molar-refractivity contribution in [3.63, 3.8) is 0 Å². The topological polar surface area (TPSA) is 26.3 Å². The first-order valence-corrected chi connectivity index (χ1v) is 6.36. The van der Waals surface area contributed by atoms with E-state index in [1.165, 1.54) is 11.3 Å². The predicted molar refractivity (Wildman–Crippen MR) is 64.2 cm³/mol. The van der Waals surface area contributed by atoms with Crippen LogP contribution < -0.4 is 0 Å². The highest BCUT2D eigenvalue weighted by molar-refractivity contribution is 7.12. The fourth-order valence-electron chi connectivity index (χ4n) is 1.52. The molecule has 0 aromatic carbocycles. The van der Waals surface area contributed by atoms with Crippen LogP contribution in [0.3, 0.4) is 0 Å². The van der Waals surface area contributed by atoms with Crippen molar-refractivity contribution in [2.45, 2.75) is 32.9 Å². The molecule has 0 saturated heterocycles. The van der Waals surface area contributed by atoms with Gasteiger partial charge in [0.25, 0.3) is 0 Å². The first kappa shape index (κ1) is 15.2. The van der Waals surface area contributed by atoms with E-state index in [-0.39, 0.29) is 25.4 Å². The van der Waals surface area contributed by atoms with Crippen LogP contribution in [0, 0.1) is 13.8 Å². The highest BCUT2D eigenvalue weighted by Gasteiger charge is 2.26. The van der Waals surface area contributed by atoms with Gasteiger partial charge in [0.2, 0.25) is 0 Å². The Labute approximate surface area is 108 Å². The second-order valence-corrected chi connectivity index (χ2v) is 5.48. The largest absolute Gasteiger partial charge is 0.389 e. The van der Waals surface area contributed by atoms with Gasteiger partial charge in [-0.3, -0.25) is 4.79 Å². The number of carbonyl (C=O) groups is 1. The molecule has 1 rings (SSSR count). The van der Waals surface area contributed by atoms with Crippen molar-refractivity contribution < 1.29 is 22.7 Å². The van der Waals surface area contributed by atoms with Crippen molar-refractivity contribution in [2.24, 2.45) is 0 Å². The first-order valence-electron chi connectivity index (χ1n) is 5.54. The summed E-state index contributed by atoms with van der Waals surface area (Å²) >= 11 is 1.52. The number of alkyl halides is 3. The van der Waals surface area contributed by atoms with Gasteiger partial charge in [-0.05, 0) is 26.3 Å². The smallest absolute Gasteiger partial charge is 0.373 e. The molecule has 0 N–H and O–H groups in total. The molecule has 0 radical (unpaired) electrons. The summed E-state index contributed by atoms with van der Waals surface area (Å²) in [6.45, 7) is 3.54. The van der Waals surface area contributed by atoms with Gasteiger partial charge < -0.3 is 4.74 Å². The molecule has 0 saturated carbocycles. The van der Waals surface area contributed by atoms with Crippen LogP contribution in [-0.2, 0) is 4.74 Å². The Hall–Kier alpha value is -0.880. The third-order valence-electron chi connectivity index (χ3n) is 2.32. The lowest BCUT2D eigenvalue weighted by molar-refractivity contribution is -0.137. The minimum Gasteiger partial charge on any atom is -0.373 e. The Bertz CT molecular complexity index is 410. The average molecular weight is 280 g/mol. The molecule has 1 heterocycles. The zero-order valence-corrected chi connectivity index (χ0v) is 11.1. The van der Waals surface area contributed by atoms with E-state index in [0.717, 1.165) is 9.75 Å². The van der Waals surface area contributed by atoms with Crippen molar-refractivity contribution in [3.8, 4) is 0 Å². The van der Waals surface area contributed by atoms with E-state index >= 15 is 0 Å². The summed E-state index contributed by atoms with van der Waals surface area (Å²) in [4.78, 5) is 13.6. The Morgan fingerprint density at radius 2 is 2.06 bits per heavy atom. The number of Topliss-reactive ketones (excluding diaryl/α,β-unsaturated/α-hetero) is 1. The maximum absolute atomic E-state index is 11.8. The third kappa shape index (κ3) is 5.18. The lowest BCUT2D eigenvalue weighted by Gasteiger charge is -2.06. The van der Waals surface area contributed by atoms with Crippen molar-refractivity contribution in [3.05, 3.63) is 21.4 Å². The van der Waals surface area contributed by atoms with E-state index in [1.54, 1.807) is 6.07 Å². The molecule has 0 aliphatic rings. The van der Waals surface area contributed by atoms with E-state index in [9.17, 15) is 18.0 Å². The van der Waals surface area contributed by atoms with Crippen molar-refractivity contribution >= 4 is 17.1 Å². The van der Waals surface area contributed by atoms with Gasteiger partial charge in [0.1, 0.15) is 6.61 Å². The molecular formula is C12H15F3O2S. The van der Waals surface area contributed by atoms with Crippen LogP contribution in [0.25, 0.3) is 0 Å². The summed E-state index contributed by atoms with van der Waals surface area (Å²) in [6.07, 6.45) is -5.15. The summed E-state index contributed by atoms with van der Waals surface area (Å²) in [5.41, 5.74) is 0.605. The summed E-state index contributed by atoms with van der Waals surface area (Å²) in [5, 5.41) is 0. The number of hydrogen-bond acceptors (Lipinski definition) is 3. The van der Waals surface area contributed by atoms with Crippen LogP contribution in [-0.4, -0.2) is 25.2 Å². The van der Waals surface area contributed by atoms with E-state index in [0.29, 0.717) is 5.56 Å². The number of hydrogen-bond donors (Lipinski definition) is 0. The number of halogens is 3. The molecule has 0 amide bonds. The van der Waals surface area contributed by atoms with Gasteiger partial charge in [-0.1, -0.05) is 0 Å². The van der Waals surface area contributed by atoms with Crippen LogP contribution in [0.1, 0.15) is 33.0 Å². The maximum atomic E-state index is 11.8. The zero-order valence-electron chi connectivity index (χ0n) is 10.3. The second kappa shape index (κ2) is 6.33. The Balaban J connectivity index is 2.28. The molecule has 0 aliphatic carbocycles. The number of thiophene rings is 1. The molecule has 2 nitrogen and oxygen atoms in total. The fraction of sp³-hybridized carbons (Fsp3) is 0.583. The molecule has 102 valence electrons. The quantitative estimate of drug-likeness (QED) is 0.583. The molecule has 1 aromatic rings. The highest BCUT2D eigenvalue weighted by atomic mass is 32.1. The normalized spacial score (nSPS) is 11.8. The minimum absolute atomic E-state index is 0.0482. The average Bonchev–Trinajstić information content (AvgIpc) is 2.55.